The van der Waals surface area contributed by atoms with E-state index in [-0.39, 0.29) is 12.6 Å². The van der Waals surface area contributed by atoms with Gasteiger partial charge in [-0.25, -0.2) is 15.0 Å². The monoisotopic (exact) mass is 395 g/mol. The van der Waals surface area contributed by atoms with Gasteiger partial charge in [0.2, 0.25) is 5.95 Å². The lowest BCUT2D eigenvalue weighted by Crippen LogP contribution is -2.25. The number of nitrogens with zero attached hydrogens (tertiary/aromatic N) is 5. The summed E-state index contributed by atoms with van der Waals surface area (Å²) in [6, 6.07) is 2.08. The minimum absolute atomic E-state index is 0.266. The number of nitrogens with two attached hydrogens (primary N) is 1. The smallest absolute Gasteiger partial charge is 0.219 e. The van der Waals surface area contributed by atoms with Crippen LogP contribution >= 0.6 is 0 Å². The van der Waals surface area contributed by atoms with Gasteiger partial charge in [-0.1, -0.05) is 19.8 Å². The first-order chi connectivity index (χ1) is 14.2. The number of anilines is 2. The Balaban J connectivity index is 1.61. The van der Waals surface area contributed by atoms with Gasteiger partial charge >= 0.3 is 0 Å². The first-order valence-electron chi connectivity index (χ1n) is 10.5. The summed E-state index contributed by atoms with van der Waals surface area (Å²) in [5.41, 5.74) is 9.60. The van der Waals surface area contributed by atoms with Crippen LogP contribution in [0.1, 0.15) is 49.4 Å². The Hall–Kier alpha value is -2.74. The molecule has 2 atom stereocenters. The van der Waals surface area contributed by atoms with Crippen LogP contribution in [0.4, 0.5) is 11.8 Å². The van der Waals surface area contributed by atoms with Crippen molar-refractivity contribution in [3.63, 3.8) is 0 Å². The number of hydrogen-bond acceptors (Lipinski definition) is 7. The molecule has 1 saturated carbocycles. The Morgan fingerprint density at radius 1 is 1.17 bits per heavy atom. The fourth-order valence-corrected chi connectivity index (χ4v) is 4.25. The van der Waals surface area contributed by atoms with Crippen molar-refractivity contribution in [1.82, 2.24) is 24.6 Å². The van der Waals surface area contributed by atoms with Crippen molar-refractivity contribution in [3.8, 4) is 0 Å². The summed E-state index contributed by atoms with van der Waals surface area (Å²) in [6.07, 6.45) is 11.8. The highest BCUT2D eigenvalue weighted by molar-refractivity contribution is 5.54. The van der Waals surface area contributed by atoms with Crippen LogP contribution in [-0.4, -0.2) is 36.3 Å². The van der Waals surface area contributed by atoms with E-state index in [1.807, 2.05) is 10.7 Å². The highest BCUT2D eigenvalue weighted by atomic mass is 16.3. The van der Waals surface area contributed by atoms with Gasteiger partial charge in [0.25, 0.3) is 0 Å². The molecule has 0 aromatic carbocycles. The Kier molecular flexibility index (Phi) is 5.89. The predicted molar refractivity (Wildman–Crippen MR) is 112 cm³/mol. The minimum atomic E-state index is 0.266. The fourth-order valence-electron chi connectivity index (χ4n) is 4.25. The molecule has 4 rings (SSSR count). The topological polar surface area (TPSA) is 114 Å². The van der Waals surface area contributed by atoms with Crippen LogP contribution < -0.4 is 11.1 Å². The highest BCUT2D eigenvalue weighted by Gasteiger charge is 2.25. The van der Waals surface area contributed by atoms with Gasteiger partial charge in [0.15, 0.2) is 5.65 Å². The number of aromatic nitrogens is 5. The Morgan fingerprint density at radius 2 is 1.93 bits per heavy atom. The lowest BCUT2D eigenvalue weighted by Gasteiger charge is -2.30. The molecule has 3 heterocycles. The number of aryl methyl sites for hydroxylation is 1. The Bertz CT molecular complexity index is 954. The van der Waals surface area contributed by atoms with Crippen LogP contribution in [0.2, 0.25) is 0 Å². The van der Waals surface area contributed by atoms with Crippen LogP contribution in [0.15, 0.2) is 24.7 Å². The molecule has 0 aliphatic heterocycles. The zero-order chi connectivity index (χ0) is 20.2. The molecule has 3 aromatic rings. The molecule has 3 aromatic heterocycles. The predicted octanol–water partition coefficient (Wildman–Crippen LogP) is 2.62. The zero-order valence-corrected chi connectivity index (χ0v) is 16.9. The third-order valence-corrected chi connectivity index (χ3v) is 5.95. The van der Waals surface area contributed by atoms with E-state index in [2.05, 4.69) is 33.4 Å². The van der Waals surface area contributed by atoms with Crippen molar-refractivity contribution < 1.29 is 5.11 Å². The maximum atomic E-state index is 9.78. The van der Waals surface area contributed by atoms with Crippen molar-refractivity contribution in [3.05, 3.63) is 41.5 Å². The number of fused-ring (bicyclic) bond motifs is 1. The lowest BCUT2D eigenvalue weighted by molar-refractivity contribution is 0.134. The molecule has 1 aliphatic carbocycles. The number of nitrogens with one attached hydrogen (secondary N) is 1. The molecule has 4 N–H and O–H groups in total. The van der Waals surface area contributed by atoms with Gasteiger partial charge in [-0.15, -0.1) is 0 Å². The molecule has 0 unspecified atom stereocenters. The van der Waals surface area contributed by atoms with Crippen LogP contribution in [0.25, 0.3) is 5.65 Å². The highest BCUT2D eigenvalue weighted by Crippen LogP contribution is 2.32. The number of rotatable bonds is 7. The summed E-state index contributed by atoms with van der Waals surface area (Å²) in [6.45, 7) is 2.96. The largest absolute Gasteiger partial charge is 0.396 e. The normalized spacial score (nSPS) is 19.5. The molecule has 0 spiro atoms. The Labute approximate surface area is 170 Å². The number of aliphatic hydroxyl groups excluding tert-OH is 1. The van der Waals surface area contributed by atoms with Crippen molar-refractivity contribution in [1.29, 1.82) is 0 Å². The van der Waals surface area contributed by atoms with Gasteiger partial charge in [0.05, 0.1) is 6.20 Å². The SMILES string of the molecule is CCc1cnn2c(NCc3cnc(N)nc3)cc(C[C@H]3CCCC[C@H]3CO)nc12. The van der Waals surface area contributed by atoms with E-state index in [0.717, 1.165) is 54.0 Å². The first kappa shape index (κ1) is 19.6. The zero-order valence-electron chi connectivity index (χ0n) is 16.9. The van der Waals surface area contributed by atoms with Crippen molar-refractivity contribution in [2.24, 2.45) is 11.8 Å². The van der Waals surface area contributed by atoms with E-state index >= 15 is 0 Å². The first-order valence-corrected chi connectivity index (χ1v) is 10.5. The van der Waals surface area contributed by atoms with Gasteiger partial charge < -0.3 is 16.2 Å². The standard InChI is InChI=1S/C21H29N7O/c1-2-15-12-26-28-19(23-9-14-10-24-21(22)25-11-14)8-18(27-20(15)28)7-16-5-3-4-6-17(16)13-29/h8,10-12,16-17,23,29H,2-7,9,13H2,1H3,(H2,22,24,25)/t16-,17+/m1/s1. The molecule has 0 radical (unpaired) electrons. The van der Waals surface area contributed by atoms with Crippen LogP contribution in [0, 0.1) is 11.8 Å². The number of aliphatic hydroxyl groups is 1. The summed E-state index contributed by atoms with van der Waals surface area (Å²) in [5.74, 6) is 2.03. The van der Waals surface area contributed by atoms with Crippen molar-refractivity contribution in [2.75, 3.05) is 17.7 Å². The van der Waals surface area contributed by atoms with E-state index in [0.29, 0.717) is 18.4 Å². The second kappa shape index (κ2) is 8.73. The second-order valence-electron chi connectivity index (χ2n) is 7.89. The molecule has 29 heavy (non-hydrogen) atoms. The molecular formula is C21H29N7O. The van der Waals surface area contributed by atoms with Gasteiger partial charge in [-0.3, -0.25) is 0 Å². The molecule has 8 heteroatoms. The molecule has 1 aliphatic rings. The van der Waals surface area contributed by atoms with E-state index < -0.39 is 0 Å². The van der Waals surface area contributed by atoms with Crippen LogP contribution in [0.3, 0.4) is 0 Å². The quantitative estimate of drug-likeness (QED) is 0.563. The van der Waals surface area contributed by atoms with Gasteiger partial charge in [0, 0.05) is 48.4 Å². The van der Waals surface area contributed by atoms with E-state index in [4.69, 9.17) is 10.7 Å². The molecule has 8 nitrogen and oxygen atoms in total. The van der Waals surface area contributed by atoms with E-state index in [1.165, 1.54) is 12.8 Å². The number of nitrogen functional groups attached to an aromatic ring is 1. The third-order valence-electron chi connectivity index (χ3n) is 5.95. The lowest BCUT2D eigenvalue weighted by atomic mass is 9.77. The number of hydrogen-bond donors (Lipinski definition) is 3. The second-order valence-corrected chi connectivity index (χ2v) is 7.89. The molecule has 154 valence electrons. The van der Waals surface area contributed by atoms with Gasteiger partial charge in [-0.05, 0) is 37.5 Å². The maximum Gasteiger partial charge on any atom is 0.219 e. The Morgan fingerprint density at radius 3 is 2.66 bits per heavy atom. The van der Waals surface area contributed by atoms with Crippen molar-refractivity contribution >= 4 is 17.4 Å². The molecule has 0 saturated heterocycles. The molecular weight excluding hydrogens is 366 g/mol. The van der Waals surface area contributed by atoms with Crippen LogP contribution in [0.5, 0.6) is 0 Å². The summed E-state index contributed by atoms with van der Waals surface area (Å²) in [5, 5.41) is 17.8. The third kappa shape index (κ3) is 4.32. The molecule has 0 amide bonds. The van der Waals surface area contributed by atoms with Gasteiger partial charge in [0.1, 0.15) is 5.82 Å². The fraction of sp³-hybridized carbons (Fsp3) is 0.524. The van der Waals surface area contributed by atoms with E-state index in [1.54, 1.807) is 12.4 Å². The summed E-state index contributed by atoms with van der Waals surface area (Å²) in [4.78, 5) is 13.0. The maximum absolute atomic E-state index is 9.78. The summed E-state index contributed by atoms with van der Waals surface area (Å²) >= 11 is 0. The average molecular weight is 396 g/mol. The average Bonchev–Trinajstić information content (AvgIpc) is 3.16. The molecule has 1 fully saturated rings. The summed E-state index contributed by atoms with van der Waals surface area (Å²) in [7, 11) is 0. The van der Waals surface area contributed by atoms with Gasteiger partial charge in [-0.2, -0.15) is 9.61 Å². The minimum Gasteiger partial charge on any atom is -0.396 e. The van der Waals surface area contributed by atoms with Crippen molar-refractivity contribution in [2.45, 2.75) is 52.0 Å². The van der Waals surface area contributed by atoms with E-state index in [9.17, 15) is 5.11 Å². The molecule has 0 bridgehead atoms. The van der Waals surface area contributed by atoms with Crippen LogP contribution in [-0.2, 0) is 19.4 Å². The summed E-state index contributed by atoms with van der Waals surface area (Å²) < 4.78 is 1.87.